The highest BCUT2D eigenvalue weighted by Gasteiger charge is 2.62. The smallest absolute Gasteiger partial charge is 0.219 e. The Morgan fingerprint density at radius 1 is 1.35 bits per heavy atom. The molecule has 1 aromatic rings. The minimum absolute atomic E-state index is 0.0480. The van der Waals surface area contributed by atoms with E-state index >= 15 is 0 Å². The van der Waals surface area contributed by atoms with Crippen LogP contribution in [0, 0.1) is 27.4 Å². The largest absolute Gasteiger partial charge is 0.508 e. The van der Waals surface area contributed by atoms with Gasteiger partial charge in [0.05, 0.1) is 6.10 Å². The molecule has 0 heterocycles. The fraction of sp³-hybridized carbons (Fsp3) is 0.667. The maximum atomic E-state index is 11.6. The second-order valence-corrected chi connectivity index (χ2v) is 7.87. The van der Waals surface area contributed by atoms with Gasteiger partial charge in [0.15, 0.2) is 0 Å². The highest BCUT2D eigenvalue weighted by Crippen LogP contribution is 2.61. The van der Waals surface area contributed by atoms with Gasteiger partial charge < -0.3 is 10.2 Å². The molecular weight excluding hydrogens is 294 g/mol. The van der Waals surface area contributed by atoms with Gasteiger partial charge in [-0.3, -0.25) is 10.1 Å². The van der Waals surface area contributed by atoms with Crippen LogP contribution in [0.4, 0.5) is 0 Å². The number of rotatable bonds is 1. The summed E-state index contributed by atoms with van der Waals surface area (Å²) in [6.07, 6.45) is 3.31. The first kappa shape index (κ1) is 14.9. The van der Waals surface area contributed by atoms with Crippen LogP contribution < -0.4 is 0 Å². The number of phenolic OH excluding ortho intramolecular Hbond substituents is 1. The van der Waals surface area contributed by atoms with Crippen molar-refractivity contribution in [1.29, 1.82) is 0 Å². The Bertz CT molecular complexity index is 660. The second kappa shape index (κ2) is 4.94. The molecule has 3 aliphatic rings. The third-order valence-electron chi connectivity index (χ3n) is 6.92. The fourth-order valence-electron chi connectivity index (χ4n) is 5.82. The minimum atomic E-state index is -0.624. The van der Waals surface area contributed by atoms with E-state index in [1.165, 1.54) is 11.1 Å². The average molecular weight is 317 g/mol. The van der Waals surface area contributed by atoms with Crippen molar-refractivity contribution in [1.82, 2.24) is 0 Å². The van der Waals surface area contributed by atoms with E-state index in [0.29, 0.717) is 18.1 Å². The van der Waals surface area contributed by atoms with Crippen molar-refractivity contribution in [2.75, 3.05) is 0 Å². The molecule has 0 bridgehead atoms. The van der Waals surface area contributed by atoms with E-state index in [0.717, 1.165) is 25.7 Å². The van der Waals surface area contributed by atoms with Crippen molar-refractivity contribution in [2.45, 2.75) is 57.1 Å². The van der Waals surface area contributed by atoms with Crippen molar-refractivity contribution in [2.24, 2.45) is 17.3 Å². The van der Waals surface area contributed by atoms with Crippen molar-refractivity contribution in [3.05, 3.63) is 39.4 Å². The summed E-state index contributed by atoms with van der Waals surface area (Å²) in [7, 11) is 0. The molecule has 3 aliphatic carbocycles. The summed E-state index contributed by atoms with van der Waals surface area (Å²) < 4.78 is 0. The molecular formula is C18H23NO4. The molecule has 5 heteroatoms. The van der Waals surface area contributed by atoms with E-state index in [-0.39, 0.29) is 22.2 Å². The summed E-state index contributed by atoms with van der Waals surface area (Å²) in [5.41, 5.74) is 2.11. The van der Waals surface area contributed by atoms with Gasteiger partial charge in [0.2, 0.25) is 6.04 Å². The SMILES string of the molecule is C[C@]12CC[C@@H]3c4ccc(O)cc4CC[C@H]3[C@@H]1C([N+](=O)[O-])CC2O. The summed E-state index contributed by atoms with van der Waals surface area (Å²) in [5.74, 6) is 0.832. The molecule has 5 nitrogen and oxygen atoms in total. The Morgan fingerprint density at radius 2 is 2.13 bits per heavy atom. The van der Waals surface area contributed by atoms with Crippen LogP contribution >= 0.6 is 0 Å². The number of aliphatic hydroxyl groups excluding tert-OH is 1. The quantitative estimate of drug-likeness (QED) is 0.616. The third-order valence-corrected chi connectivity index (χ3v) is 6.92. The van der Waals surface area contributed by atoms with Gasteiger partial charge in [-0.2, -0.15) is 0 Å². The van der Waals surface area contributed by atoms with Gasteiger partial charge in [-0.05, 0) is 60.8 Å². The first-order chi connectivity index (χ1) is 10.9. The lowest BCUT2D eigenvalue weighted by Crippen LogP contribution is -2.47. The zero-order valence-electron chi connectivity index (χ0n) is 13.3. The third kappa shape index (κ3) is 2.02. The molecule has 2 fully saturated rings. The molecule has 0 radical (unpaired) electrons. The van der Waals surface area contributed by atoms with Crippen LogP contribution in [-0.4, -0.2) is 27.3 Å². The van der Waals surface area contributed by atoms with Gasteiger partial charge >= 0.3 is 0 Å². The number of nitro groups is 1. The molecule has 2 N–H and O–H groups in total. The number of aliphatic hydroxyl groups is 1. The molecule has 0 aromatic heterocycles. The van der Waals surface area contributed by atoms with Crippen LogP contribution in [0.1, 0.15) is 49.7 Å². The summed E-state index contributed by atoms with van der Waals surface area (Å²) >= 11 is 0. The monoisotopic (exact) mass is 317 g/mol. The molecule has 2 saturated carbocycles. The van der Waals surface area contributed by atoms with Crippen LogP contribution in [0.5, 0.6) is 5.75 Å². The average Bonchev–Trinajstić information content (AvgIpc) is 2.79. The second-order valence-electron chi connectivity index (χ2n) is 7.87. The van der Waals surface area contributed by atoms with Gasteiger partial charge in [0.25, 0.3) is 0 Å². The molecule has 0 amide bonds. The first-order valence-electron chi connectivity index (χ1n) is 8.55. The molecule has 0 aliphatic heterocycles. The Morgan fingerprint density at radius 3 is 2.87 bits per heavy atom. The number of aryl methyl sites for hydroxylation is 1. The number of hydrogen-bond donors (Lipinski definition) is 2. The van der Waals surface area contributed by atoms with E-state index in [4.69, 9.17) is 0 Å². The van der Waals surface area contributed by atoms with Crippen molar-refractivity contribution >= 4 is 0 Å². The normalized spacial score (nSPS) is 41.7. The maximum absolute atomic E-state index is 11.6. The van der Waals surface area contributed by atoms with Gasteiger partial charge in [-0.15, -0.1) is 0 Å². The van der Waals surface area contributed by atoms with E-state index in [9.17, 15) is 20.3 Å². The zero-order chi connectivity index (χ0) is 16.4. The zero-order valence-corrected chi connectivity index (χ0v) is 13.3. The van der Waals surface area contributed by atoms with Crippen LogP contribution in [0.25, 0.3) is 0 Å². The highest BCUT2D eigenvalue weighted by atomic mass is 16.6. The van der Waals surface area contributed by atoms with Gasteiger partial charge in [0, 0.05) is 22.7 Å². The molecule has 2 unspecified atom stereocenters. The molecule has 4 rings (SSSR count). The van der Waals surface area contributed by atoms with Crippen molar-refractivity contribution in [3.63, 3.8) is 0 Å². The maximum Gasteiger partial charge on any atom is 0.219 e. The molecule has 1 aromatic carbocycles. The molecule has 124 valence electrons. The Hall–Kier alpha value is -1.62. The standard InChI is InChI=1S/C18H23NO4/c1-18-7-6-13-12-5-3-11(20)8-10(12)2-4-14(13)17(18)15(19(22)23)9-16(18)21/h3,5,8,13-17,20-21H,2,4,6-7,9H2,1H3/t13-,14-,15?,16?,17-,18-/m1/s1. The van der Waals surface area contributed by atoms with Crippen molar-refractivity contribution < 1.29 is 15.1 Å². The van der Waals surface area contributed by atoms with E-state index < -0.39 is 12.1 Å². The Balaban J connectivity index is 1.75. The topological polar surface area (TPSA) is 83.6 Å². The summed E-state index contributed by atoms with van der Waals surface area (Å²) in [6, 6.07) is 4.94. The number of benzene rings is 1. The number of hydrogen-bond acceptors (Lipinski definition) is 4. The summed E-state index contributed by atoms with van der Waals surface area (Å²) in [4.78, 5) is 11.4. The molecule has 23 heavy (non-hydrogen) atoms. The first-order valence-corrected chi connectivity index (χ1v) is 8.55. The van der Waals surface area contributed by atoms with Gasteiger partial charge in [-0.25, -0.2) is 0 Å². The molecule has 0 spiro atoms. The molecule has 6 atom stereocenters. The predicted octanol–water partition coefficient (Wildman–Crippen LogP) is 2.86. The Kier molecular flexibility index (Phi) is 3.21. The number of aromatic hydroxyl groups is 1. The number of nitrogens with zero attached hydrogens (tertiary/aromatic N) is 1. The lowest BCUT2D eigenvalue weighted by Gasteiger charge is -2.49. The van der Waals surface area contributed by atoms with Crippen LogP contribution in [-0.2, 0) is 6.42 Å². The van der Waals surface area contributed by atoms with Crippen LogP contribution in [0.3, 0.4) is 0 Å². The van der Waals surface area contributed by atoms with Crippen molar-refractivity contribution in [3.8, 4) is 5.75 Å². The number of fused-ring (bicyclic) bond motifs is 5. The highest BCUT2D eigenvalue weighted by molar-refractivity contribution is 5.40. The lowest BCUT2D eigenvalue weighted by atomic mass is 9.55. The predicted molar refractivity (Wildman–Crippen MR) is 84.9 cm³/mol. The number of phenols is 1. The fourth-order valence-corrected chi connectivity index (χ4v) is 5.82. The Labute approximate surface area is 135 Å². The summed E-state index contributed by atoms with van der Waals surface area (Å²) in [6.45, 7) is 2.05. The van der Waals surface area contributed by atoms with Crippen LogP contribution in [0.2, 0.25) is 0 Å². The van der Waals surface area contributed by atoms with Gasteiger partial charge in [-0.1, -0.05) is 13.0 Å². The summed E-state index contributed by atoms with van der Waals surface area (Å²) in [5, 5.41) is 31.8. The van der Waals surface area contributed by atoms with E-state index in [1.807, 2.05) is 19.1 Å². The van der Waals surface area contributed by atoms with E-state index in [2.05, 4.69) is 0 Å². The van der Waals surface area contributed by atoms with E-state index in [1.54, 1.807) is 6.07 Å². The minimum Gasteiger partial charge on any atom is -0.508 e. The molecule has 0 saturated heterocycles. The van der Waals surface area contributed by atoms with Gasteiger partial charge in [0.1, 0.15) is 5.75 Å². The van der Waals surface area contributed by atoms with Crippen LogP contribution in [0.15, 0.2) is 18.2 Å². The lowest BCUT2D eigenvalue weighted by molar-refractivity contribution is -0.533.